The van der Waals surface area contributed by atoms with Crippen molar-refractivity contribution in [2.75, 3.05) is 6.54 Å². The molecule has 230 valence electrons. The molecule has 1 saturated carbocycles. The summed E-state index contributed by atoms with van der Waals surface area (Å²) in [6, 6.07) is 21.9. The second-order valence-electron chi connectivity index (χ2n) is 11.3. The molecule has 0 aliphatic heterocycles. The number of benzene rings is 3. The summed E-state index contributed by atoms with van der Waals surface area (Å²) in [4.78, 5) is 22.5. The average molecular weight is 587 g/mol. The van der Waals surface area contributed by atoms with E-state index >= 15 is 0 Å². The molecule has 43 heavy (non-hydrogen) atoms. The van der Waals surface area contributed by atoms with E-state index in [1.165, 1.54) is 12.8 Å². The number of amides is 1. The number of nitrogens with one attached hydrogen (secondary N) is 1. The van der Waals surface area contributed by atoms with Crippen LogP contribution in [0.25, 0.3) is 22.1 Å². The molecule has 3 aromatic carbocycles. The molecule has 4 aromatic rings. The summed E-state index contributed by atoms with van der Waals surface area (Å²) in [6.07, 6.45) is 3.29. The summed E-state index contributed by atoms with van der Waals surface area (Å²) in [5, 5.41) is 3.96. The number of nitrogens with two attached hydrogens (primary N) is 1. The Morgan fingerprint density at radius 2 is 1.79 bits per heavy atom. The third-order valence-electron chi connectivity index (χ3n) is 6.78. The number of carbonyl (C=O) groups is 2. The average Bonchev–Trinajstić information content (AvgIpc) is 3.76. The molecule has 0 radical (unpaired) electrons. The van der Waals surface area contributed by atoms with Gasteiger partial charge in [-0.3, -0.25) is 9.59 Å². The summed E-state index contributed by atoms with van der Waals surface area (Å²) in [7, 11) is 0. The lowest BCUT2D eigenvalue weighted by Crippen LogP contribution is -2.25. The Morgan fingerprint density at radius 1 is 1.05 bits per heavy atom. The molecule has 1 fully saturated rings. The van der Waals surface area contributed by atoms with E-state index in [9.17, 15) is 9.59 Å². The normalized spacial score (nSPS) is 12.3. The maximum absolute atomic E-state index is 12.9. The number of hydrogen-bond donors (Lipinski definition) is 2. The van der Waals surface area contributed by atoms with Gasteiger partial charge in [0.2, 0.25) is 0 Å². The van der Waals surface area contributed by atoms with Gasteiger partial charge in [0.05, 0.1) is 0 Å². The van der Waals surface area contributed by atoms with Crippen molar-refractivity contribution in [2.45, 2.75) is 79.6 Å². The predicted octanol–water partition coefficient (Wildman–Crippen LogP) is 7.82. The summed E-state index contributed by atoms with van der Waals surface area (Å²) in [6.45, 7) is 13.5. The van der Waals surface area contributed by atoms with Gasteiger partial charge < -0.3 is 24.9 Å². The van der Waals surface area contributed by atoms with Gasteiger partial charge in [-0.25, -0.2) is 0 Å². The van der Waals surface area contributed by atoms with Crippen LogP contribution in [0.5, 0.6) is 5.75 Å². The number of para-hydroxylation sites is 1. The minimum Gasteiger partial charge on any atom is -0.485 e. The zero-order valence-electron chi connectivity index (χ0n) is 26.4. The van der Waals surface area contributed by atoms with Crippen LogP contribution in [0.2, 0.25) is 0 Å². The molecule has 7 heteroatoms. The van der Waals surface area contributed by atoms with Gasteiger partial charge in [0.25, 0.3) is 12.4 Å². The Bertz CT molecular complexity index is 1480. The SMILES string of the molecule is CC.CC(C)(C)OC=O.CCc1ccccc1OCc1cc2cc(C(=O)NCC3CC3)cc(-c3cccc(CN)c3)c2o1. The van der Waals surface area contributed by atoms with Crippen LogP contribution < -0.4 is 15.8 Å². The second-order valence-corrected chi connectivity index (χ2v) is 11.3. The fourth-order valence-electron chi connectivity index (χ4n) is 4.38. The van der Waals surface area contributed by atoms with Crippen LogP contribution >= 0.6 is 0 Å². The topological polar surface area (TPSA) is 104 Å². The quantitative estimate of drug-likeness (QED) is 0.184. The predicted molar refractivity (Wildman–Crippen MR) is 173 cm³/mol. The Labute approximate surface area is 255 Å². The van der Waals surface area contributed by atoms with E-state index in [1.54, 1.807) is 0 Å². The lowest BCUT2D eigenvalue weighted by atomic mass is 9.98. The minimum atomic E-state index is -0.318. The lowest BCUT2D eigenvalue weighted by Gasteiger charge is -2.14. The first kappa shape index (κ1) is 33.4. The number of aryl methyl sites for hydroxylation is 1. The van der Waals surface area contributed by atoms with Gasteiger partial charge in [-0.1, -0.05) is 57.2 Å². The molecular weight excluding hydrogens is 540 g/mol. The second kappa shape index (κ2) is 15.9. The van der Waals surface area contributed by atoms with Gasteiger partial charge in [0.1, 0.15) is 29.3 Å². The van der Waals surface area contributed by atoms with Crippen molar-refractivity contribution in [1.82, 2.24) is 5.32 Å². The Balaban J connectivity index is 0.000000496. The molecule has 1 aliphatic rings. The summed E-state index contributed by atoms with van der Waals surface area (Å²) in [5.41, 5.74) is 11.0. The van der Waals surface area contributed by atoms with Crippen molar-refractivity contribution in [3.05, 3.63) is 89.2 Å². The standard InChI is InChI=1S/C29H30N2O3.C5H10O2.C2H6/c1-2-21-7-3-4-9-27(21)33-18-25-14-23-13-24(29(32)31-17-19-10-11-19)15-26(28(23)34-25)22-8-5-6-20(12-22)16-30;1-5(2,3)7-4-6;1-2/h3-9,12-15,19H,2,10-11,16-18,30H2,1H3,(H,31,32);4H,1-3H3;1-2H3. The van der Waals surface area contributed by atoms with Crippen molar-refractivity contribution in [1.29, 1.82) is 0 Å². The number of ether oxygens (including phenoxy) is 2. The highest BCUT2D eigenvalue weighted by molar-refractivity contribution is 6.03. The van der Waals surface area contributed by atoms with E-state index in [0.717, 1.165) is 51.9 Å². The first-order chi connectivity index (χ1) is 20.7. The number of fused-ring (bicyclic) bond motifs is 1. The highest BCUT2D eigenvalue weighted by Gasteiger charge is 2.23. The van der Waals surface area contributed by atoms with Crippen molar-refractivity contribution >= 4 is 23.3 Å². The molecule has 1 aromatic heterocycles. The zero-order valence-corrected chi connectivity index (χ0v) is 26.4. The Kier molecular flexibility index (Phi) is 12.4. The molecule has 0 bridgehead atoms. The van der Waals surface area contributed by atoms with Gasteiger partial charge in [0, 0.05) is 29.6 Å². The van der Waals surface area contributed by atoms with Gasteiger partial charge in [-0.05, 0) is 93.0 Å². The largest absolute Gasteiger partial charge is 0.485 e. The van der Waals surface area contributed by atoms with Crippen LogP contribution in [0.4, 0.5) is 0 Å². The molecule has 1 aliphatic carbocycles. The van der Waals surface area contributed by atoms with Crippen LogP contribution in [-0.4, -0.2) is 24.5 Å². The molecule has 3 N–H and O–H groups in total. The van der Waals surface area contributed by atoms with Crippen molar-refractivity contribution in [3.63, 3.8) is 0 Å². The van der Waals surface area contributed by atoms with Crippen LogP contribution in [0.1, 0.15) is 81.6 Å². The summed E-state index contributed by atoms with van der Waals surface area (Å²) >= 11 is 0. The summed E-state index contributed by atoms with van der Waals surface area (Å²) in [5.74, 6) is 2.15. The maximum atomic E-state index is 12.9. The van der Waals surface area contributed by atoms with E-state index < -0.39 is 0 Å². The molecule has 0 unspecified atom stereocenters. The monoisotopic (exact) mass is 586 g/mol. The molecule has 0 atom stereocenters. The summed E-state index contributed by atoms with van der Waals surface area (Å²) < 4.78 is 16.9. The number of hydrogen-bond acceptors (Lipinski definition) is 6. The molecule has 1 amide bonds. The van der Waals surface area contributed by atoms with Gasteiger partial charge in [-0.15, -0.1) is 0 Å². The fourth-order valence-corrected chi connectivity index (χ4v) is 4.38. The van der Waals surface area contributed by atoms with Crippen LogP contribution in [0, 0.1) is 5.92 Å². The van der Waals surface area contributed by atoms with Gasteiger partial charge >= 0.3 is 0 Å². The highest BCUT2D eigenvalue weighted by Crippen LogP contribution is 2.34. The molecule has 5 rings (SSSR count). The van der Waals surface area contributed by atoms with Crippen LogP contribution in [-0.2, 0) is 29.1 Å². The molecule has 7 nitrogen and oxygen atoms in total. The fraction of sp³-hybridized carbons (Fsp3) is 0.389. The van der Waals surface area contributed by atoms with Crippen LogP contribution in [0.15, 0.2) is 71.1 Å². The third-order valence-corrected chi connectivity index (χ3v) is 6.78. The lowest BCUT2D eigenvalue weighted by molar-refractivity contribution is -0.138. The van der Waals surface area contributed by atoms with E-state index in [0.29, 0.717) is 36.9 Å². The van der Waals surface area contributed by atoms with E-state index in [4.69, 9.17) is 14.9 Å². The molecular formula is C36H46N2O5. The number of carbonyl (C=O) groups excluding carboxylic acids is 2. The Hall–Kier alpha value is -4.10. The molecule has 0 saturated heterocycles. The zero-order chi connectivity index (χ0) is 31.4. The van der Waals surface area contributed by atoms with Crippen molar-refractivity contribution in [2.24, 2.45) is 11.7 Å². The molecule has 1 heterocycles. The Morgan fingerprint density at radius 3 is 2.42 bits per heavy atom. The van der Waals surface area contributed by atoms with E-state index in [2.05, 4.69) is 29.1 Å². The van der Waals surface area contributed by atoms with Crippen LogP contribution in [0.3, 0.4) is 0 Å². The van der Waals surface area contributed by atoms with E-state index in [1.807, 2.05) is 89.2 Å². The van der Waals surface area contributed by atoms with E-state index in [-0.39, 0.29) is 11.5 Å². The number of rotatable bonds is 10. The van der Waals surface area contributed by atoms with Gasteiger partial charge in [0.15, 0.2) is 0 Å². The molecule has 0 spiro atoms. The van der Waals surface area contributed by atoms with Gasteiger partial charge in [-0.2, -0.15) is 0 Å². The van der Waals surface area contributed by atoms with Crippen molar-refractivity contribution in [3.8, 4) is 16.9 Å². The first-order valence-corrected chi connectivity index (χ1v) is 15.2. The smallest absolute Gasteiger partial charge is 0.293 e. The highest BCUT2D eigenvalue weighted by atomic mass is 16.5. The maximum Gasteiger partial charge on any atom is 0.293 e. The van der Waals surface area contributed by atoms with Crippen molar-refractivity contribution < 1.29 is 23.5 Å². The first-order valence-electron chi connectivity index (χ1n) is 15.2. The number of furan rings is 1. The minimum absolute atomic E-state index is 0.0547. The third kappa shape index (κ3) is 10.00.